The molecule has 3 aromatic rings. The number of fused-ring (bicyclic) bond motifs is 4. The molecule has 1 unspecified atom stereocenters. The van der Waals surface area contributed by atoms with E-state index in [0.29, 0.717) is 17.1 Å². The fraction of sp³-hybridized carbons (Fsp3) is 0.280. The summed E-state index contributed by atoms with van der Waals surface area (Å²) < 4.78 is 4.79. The van der Waals surface area contributed by atoms with Gasteiger partial charge in [-0.05, 0) is 60.1 Å². The van der Waals surface area contributed by atoms with Crippen LogP contribution in [0.1, 0.15) is 41.3 Å². The van der Waals surface area contributed by atoms with Crippen molar-refractivity contribution in [1.82, 2.24) is 9.97 Å². The van der Waals surface area contributed by atoms with E-state index >= 15 is 0 Å². The minimum atomic E-state index is -0.332. The summed E-state index contributed by atoms with van der Waals surface area (Å²) in [5.41, 5.74) is 4.95. The maximum absolute atomic E-state index is 12.6. The maximum atomic E-state index is 12.6. The Morgan fingerprint density at radius 3 is 2.85 bits per heavy atom. The smallest absolute Gasteiger partial charge is 0.309 e. The number of methoxy groups -OCH3 is 1. The quantitative estimate of drug-likeness (QED) is 0.500. The lowest BCUT2D eigenvalue weighted by molar-refractivity contribution is -0.139. The second-order valence-corrected chi connectivity index (χ2v) is 9.41. The lowest BCUT2D eigenvalue weighted by atomic mass is 10.0. The van der Waals surface area contributed by atoms with Crippen LogP contribution in [0.3, 0.4) is 0 Å². The van der Waals surface area contributed by atoms with Gasteiger partial charge in [0.1, 0.15) is 0 Å². The van der Waals surface area contributed by atoms with Crippen molar-refractivity contribution in [2.45, 2.75) is 30.9 Å². The maximum Gasteiger partial charge on any atom is 0.309 e. The van der Waals surface area contributed by atoms with E-state index in [9.17, 15) is 9.59 Å². The number of nitrogens with zero attached hydrogens (tertiary/aromatic N) is 2. The predicted molar refractivity (Wildman–Crippen MR) is 131 cm³/mol. The molecule has 0 spiro atoms. The summed E-state index contributed by atoms with van der Waals surface area (Å²) in [4.78, 5) is 33.5. The average Bonchev–Trinajstić information content (AvgIpc) is 2.82. The largest absolute Gasteiger partial charge is 0.469 e. The van der Waals surface area contributed by atoms with Crippen LogP contribution < -0.4 is 5.32 Å². The van der Waals surface area contributed by atoms with Crippen LogP contribution in [0.2, 0.25) is 5.02 Å². The van der Waals surface area contributed by atoms with E-state index in [2.05, 4.69) is 15.3 Å². The molecule has 0 saturated carbocycles. The molecule has 170 valence electrons. The highest BCUT2D eigenvalue weighted by atomic mass is 35.5. The van der Waals surface area contributed by atoms with Gasteiger partial charge in [0, 0.05) is 24.4 Å². The van der Waals surface area contributed by atoms with E-state index in [1.807, 2.05) is 42.5 Å². The predicted octanol–water partition coefficient (Wildman–Crippen LogP) is 5.46. The molecule has 6 nitrogen and oxygen atoms in total. The number of carbonyl (C=O) groups is 2. The first-order chi connectivity index (χ1) is 16.0. The van der Waals surface area contributed by atoms with E-state index in [0.717, 1.165) is 46.7 Å². The van der Waals surface area contributed by atoms with Gasteiger partial charge in [-0.15, -0.1) is 11.8 Å². The molecule has 1 aliphatic rings. The third-order valence-corrected chi connectivity index (χ3v) is 6.99. The first-order valence-electron chi connectivity index (χ1n) is 10.7. The molecule has 3 heterocycles. The third-order valence-electron chi connectivity index (χ3n) is 5.40. The Morgan fingerprint density at radius 1 is 1.18 bits per heavy atom. The highest BCUT2D eigenvalue weighted by Crippen LogP contribution is 2.38. The summed E-state index contributed by atoms with van der Waals surface area (Å²) in [5, 5.41) is 3.65. The van der Waals surface area contributed by atoms with Crippen LogP contribution in [0.4, 0.5) is 5.69 Å². The van der Waals surface area contributed by atoms with Gasteiger partial charge in [-0.2, -0.15) is 0 Å². The Kier molecular flexibility index (Phi) is 7.62. The molecule has 0 saturated heterocycles. The summed E-state index contributed by atoms with van der Waals surface area (Å²) in [5.74, 6) is 0.514. The molecule has 1 atom stereocenters. The molecule has 1 amide bonds. The van der Waals surface area contributed by atoms with E-state index in [1.165, 1.54) is 7.11 Å². The number of esters is 1. The van der Waals surface area contributed by atoms with Crippen molar-refractivity contribution >= 4 is 40.9 Å². The fourth-order valence-electron chi connectivity index (χ4n) is 3.72. The molecule has 0 radical (unpaired) electrons. The zero-order valence-corrected chi connectivity index (χ0v) is 19.8. The van der Waals surface area contributed by atoms with Gasteiger partial charge < -0.3 is 10.1 Å². The van der Waals surface area contributed by atoms with Crippen molar-refractivity contribution in [3.05, 3.63) is 76.7 Å². The lowest BCUT2D eigenvalue weighted by Crippen LogP contribution is -2.13. The molecule has 33 heavy (non-hydrogen) atoms. The fourth-order valence-corrected chi connectivity index (χ4v) is 5.09. The number of thioether (sulfide) groups is 1. The number of nitrogens with one attached hydrogen (secondary N) is 1. The summed E-state index contributed by atoms with van der Waals surface area (Å²) >= 11 is 7.86. The monoisotopic (exact) mass is 481 g/mol. The normalized spacial score (nSPS) is 16.4. The number of amides is 1. The molecule has 1 N–H and O–H groups in total. The first-order valence-corrected chi connectivity index (χ1v) is 12.1. The average molecular weight is 482 g/mol. The molecule has 2 aromatic heterocycles. The molecular weight excluding hydrogens is 458 g/mol. The van der Waals surface area contributed by atoms with Gasteiger partial charge in [-0.1, -0.05) is 23.7 Å². The van der Waals surface area contributed by atoms with Crippen molar-refractivity contribution in [3.63, 3.8) is 0 Å². The van der Waals surface area contributed by atoms with Crippen LogP contribution >= 0.6 is 23.4 Å². The number of hydrogen-bond acceptors (Lipinski definition) is 6. The molecule has 1 aliphatic heterocycles. The Balaban J connectivity index is 1.77. The number of rotatable bonds is 3. The Hall–Kier alpha value is -2.90. The Bertz CT molecular complexity index is 1150. The lowest BCUT2D eigenvalue weighted by Gasteiger charge is -2.18. The van der Waals surface area contributed by atoms with Gasteiger partial charge in [0.25, 0.3) is 0 Å². The minimum absolute atomic E-state index is 0.0236. The van der Waals surface area contributed by atoms with Crippen LogP contribution in [0.5, 0.6) is 0 Å². The number of carbonyl (C=O) groups excluding carboxylic acids is 2. The van der Waals surface area contributed by atoms with Crippen LogP contribution in [0.25, 0.3) is 11.3 Å². The summed E-state index contributed by atoms with van der Waals surface area (Å²) in [6, 6.07) is 13.4. The van der Waals surface area contributed by atoms with Crippen molar-refractivity contribution in [2.75, 3.05) is 18.2 Å². The summed E-state index contributed by atoms with van der Waals surface area (Å²) in [7, 11) is 1.36. The van der Waals surface area contributed by atoms with E-state index in [1.54, 1.807) is 24.2 Å². The van der Waals surface area contributed by atoms with E-state index < -0.39 is 0 Å². The van der Waals surface area contributed by atoms with Gasteiger partial charge in [-0.3, -0.25) is 19.6 Å². The van der Waals surface area contributed by atoms with Gasteiger partial charge in [-0.25, -0.2) is 0 Å². The number of aromatic nitrogens is 2. The van der Waals surface area contributed by atoms with Gasteiger partial charge in [0.2, 0.25) is 5.91 Å². The Morgan fingerprint density at radius 2 is 2.06 bits per heavy atom. The van der Waals surface area contributed by atoms with Crippen LogP contribution in [0, 0.1) is 0 Å². The van der Waals surface area contributed by atoms with E-state index in [4.69, 9.17) is 16.3 Å². The highest BCUT2D eigenvalue weighted by molar-refractivity contribution is 7.99. The van der Waals surface area contributed by atoms with Crippen LogP contribution in [-0.2, 0) is 20.7 Å². The van der Waals surface area contributed by atoms with Crippen LogP contribution in [0.15, 0.2) is 54.9 Å². The number of hydrogen-bond donors (Lipinski definition) is 1. The molecule has 4 rings (SSSR count). The minimum Gasteiger partial charge on any atom is -0.469 e. The molecule has 0 fully saturated rings. The van der Waals surface area contributed by atoms with Crippen molar-refractivity contribution in [1.29, 1.82) is 0 Å². The summed E-state index contributed by atoms with van der Waals surface area (Å²) in [6.07, 6.45) is 5.70. The number of halogens is 1. The van der Waals surface area contributed by atoms with Crippen molar-refractivity contribution in [3.8, 4) is 11.3 Å². The standard InChI is InChI=1S/C25H24ClN3O3S/c1-32-24(31)13-16-5-7-19-21-14-17(9-10-27-21)25(20-8-6-18(26)15-28-20)33-11-3-2-4-23(30)29-22(19)12-16/h5-10,12,14-15,25H,2-4,11,13H2,1H3,(H,29,30). The second kappa shape index (κ2) is 10.8. The highest BCUT2D eigenvalue weighted by Gasteiger charge is 2.20. The van der Waals surface area contributed by atoms with Crippen molar-refractivity contribution < 1.29 is 14.3 Å². The third kappa shape index (κ3) is 5.92. The molecule has 0 aliphatic carbocycles. The van der Waals surface area contributed by atoms with Gasteiger partial charge in [0.15, 0.2) is 0 Å². The number of ether oxygens (including phenoxy) is 1. The molecule has 1 aromatic carbocycles. The second-order valence-electron chi connectivity index (χ2n) is 7.76. The topological polar surface area (TPSA) is 81.2 Å². The molecule has 2 bridgehead atoms. The van der Waals surface area contributed by atoms with E-state index in [-0.39, 0.29) is 23.5 Å². The molecular formula is C25H24ClN3O3S. The van der Waals surface area contributed by atoms with Crippen molar-refractivity contribution in [2.24, 2.45) is 0 Å². The van der Waals surface area contributed by atoms with Gasteiger partial charge in [0.05, 0.1) is 40.9 Å². The van der Waals surface area contributed by atoms with Crippen LogP contribution in [-0.4, -0.2) is 34.7 Å². The zero-order valence-electron chi connectivity index (χ0n) is 18.2. The van der Waals surface area contributed by atoms with Gasteiger partial charge >= 0.3 is 5.97 Å². The molecule has 8 heteroatoms. The number of pyridine rings is 2. The summed E-state index contributed by atoms with van der Waals surface area (Å²) in [6.45, 7) is 0. The zero-order chi connectivity index (χ0) is 23.2. The number of benzene rings is 1. The first kappa shape index (κ1) is 23.3. The SMILES string of the molecule is COC(=O)Cc1ccc2c(c1)NC(=O)CCCCSC(c1ccc(Cl)cn1)c1ccnc-2c1. The Labute approximate surface area is 202 Å². The number of anilines is 1.